The fourth-order valence-corrected chi connectivity index (χ4v) is 3.29. The number of aryl methyl sites for hydroxylation is 1. The second kappa shape index (κ2) is 7.57. The first-order chi connectivity index (χ1) is 10.1. The van der Waals surface area contributed by atoms with Gasteiger partial charge in [-0.05, 0) is 55.8 Å². The summed E-state index contributed by atoms with van der Waals surface area (Å²) in [5.74, 6) is -0.192. The predicted molar refractivity (Wildman–Crippen MR) is 89.6 cm³/mol. The number of hydrogen-bond donors (Lipinski definition) is 1. The standard InChI is InChI=1S/C17H23FN2S/c1-4-9-19-11-17-10-14(13(2)21-17)12-20(3)16-7-5-15(18)6-8-16/h5-8,10,19H,4,9,11-12H2,1-3H3. The Hall–Kier alpha value is -1.39. The molecular formula is C17H23FN2S. The third-order valence-electron chi connectivity index (χ3n) is 3.47. The molecule has 0 atom stereocenters. The van der Waals surface area contributed by atoms with Crippen LogP contribution in [0.1, 0.15) is 28.7 Å². The molecule has 0 amide bonds. The monoisotopic (exact) mass is 306 g/mol. The van der Waals surface area contributed by atoms with E-state index in [0.29, 0.717) is 0 Å². The first kappa shape index (κ1) is 16.0. The lowest BCUT2D eigenvalue weighted by Gasteiger charge is -2.19. The van der Waals surface area contributed by atoms with Gasteiger partial charge in [0.05, 0.1) is 0 Å². The molecule has 0 aliphatic rings. The van der Waals surface area contributed by atoms with Crippen molar-refractivity contribution in [2.45, 2.75) is 33.4 Å². The van der Waals surface area contributed by atoms with Gasteiger partial charge in [-0.2, -0.15) is 0 Å². The van der Waals surface area contributed by atoms with Gasteiger partial charge >= 0.3 is 0 Å². The highest BCUT2D eigenvalue weighted by Gasteiger charge is 2.09. The van der Waals surface area contributed by atoms with E-state index in [4.69, 9.17) is 0 Å². The smallest absolute Gasteiger partial charge is 0.123 e. The Labute approximate surface area is 130 Å². The molecule has 1 N–H and O–H groups in total. The van der Waals surface area contributed by atoms with Gasteiger partial charge in [0.1, 0.15) is 5.82 Å². The van der Waals surface area contributed by atoms with Crippen molar-refractivity contribution in [3.63, 3.8) is 0 Å². The molecule has 21 heavy (non-hydrogen) atoms. The first-order valence-electron chi connectivity index (χ1n) is 7.35. The van der Waals surface area contributed by atoms with Crippen LogP contribution in [0, 0.1) is 12.7 Å². The largest absolute Gasteiger partial charge is 0.370 e. The lowest BCUT2D eigenvalue weighted by atomic mass is 10.2. The van der Waals surface area contributed by atoms with Gasteiger partial charge in [-0.15, -0.1) is 11.3 Å². The molecular weight excluding hydrogens is 283 g/mol. The topological polar surface area (TPSA) is 15.3 Å². The molecule has 0 radical (unpaired) electrons. The predicted octanol–water partition coefficient (Wildman–Crippen LogP) is 4.33. The van der Waals surface area contributed by atoms with Crippen molar-refractivity contribution in [3.8, 4) is 0 Å². The summed E-state index contributed by atoms with van der Waals surface area (Å²) in [7, 11) is 2.04. The maximum Gasteiger partial charge on any atom is 0.123 e. The second-order valence-corrected chi connectivity index (χ2v) is 6.64. The van der Waals surface area contributed by atoms with Gasteiger partial charge < -0.3 is 10.2 Å². The fourth-order valence-electron chi connectivity index (χ4n) is 2.26. The zero-order valence-electron chi connectivity index (χ0n) is 12.9. The molecule has 2 nitrogen and oxygen atoms in total. The van der Waals surface area contributed by atoms with Crippen molar-refractivity contribution in [1.82, 2.24) is 5.32 Å². The molecule has 114 valence electrons. The quantitative estimate of drug-likeness (QED) is 0.766. The Morgan fingerprint density at radius 3 is 2.62 bits per heavy atom. The van der Waals surface area contributed by atoms with E-state index in [2.05, 4.69) is 30.1 Å². The van der Waals surface area contributed by atoms with E-state index >= 15 is 0 Å². The Morgan fingerprint density at radius 1 is 1.24 bits per heavy atom. The van der Waals surface area contributed by atoms with Gasteiger partial charge in [-0.1, -0.05) is 6.92 Å². The molecule has 0 spiro atoms. The van der Waals surface area contributed by atoms with Crippen molar-refractivity contribution in [3.05, 3.63) is 51.5 Å². The van der Waals surface area contributed by atoms with Crippen LogP contribution in [0.4, 0.5) is 10.1 Å². The van der Waals surface area contributed by atoms with Crippen LogP contribution in [-0.4, -0.2) is 13.6 Å². The third-order valence-corrected chi connectivity index (χ3v) is 4.57. The van der Waals surface area contributed by atoms with Gasteiger partial charge in [-0.3, -0.25) is 0 Å². The summed E-state index contributed by atoms with van der Waals surface area (Å²) in [4.78, 5) is 4.89. The van der Waals surface area contributed by atoms with E-state index in [-0.39, 0.29) is 5.82 Å². The summed E-state index contributed by atoms with van der Waals surface area (Å²) >= 11 is 1.86. The maximum absolute atomic E-state index is 13.0. The zero-order valence-corrected chi connectivity index (χ0v) is 13.8. The number of benzene rings is 1. The molecule has 2 rings (SSSR count). The normalized spacial score (nSPS) is 10.9. The average molecular weight is 306 g/mol. The van der Waals surface area contributed by atoms with Crippen molar-refractivity contribution < 1.29 is 4.39 Å². The van der Waals surface area contributed by atoms with Gasteiger partial charge in [0.25, 0.3) is 0 Å². The zero-order chi connectivity index (χ0) is 15.2. The van der Waals surface area contributed by atoms with Gasteiger partial charge in [0.15, 0.2) is 0 Å². The average Bonchev–Trinajstić information content (AvgIpc) is 2.80. The number of thiophene rings is 1. The summed E-state index contributed by atoms with van der Waals surface area (Å²) in [5, 5.41) is 3.44. The van der Waals surface area contributed by atoms with Crippen LogP contribution in [-0.2, 0) is 13.1 Å². The molecule has 2 aromatic rings. The Morgan fingerprint density at radius 2 is 1.95 bits per heavy atom. The van der Waals surface area contributed by atoms with Crippen LogP contribution in [0.3, 0.4) is 0 Å². The van der Waals surface area contributed by atoms with Crippen molar-refractivity contribution in [2.75, 3.05) is 18.5 Å². The maximum atomic E-state index is 13.0. The molecule has 0 saturated heterocycles. The summed E-state index contributed by atoms with van der Waals surface area (Å²) in [6.45, 7) is 7.20. The number of nitrogens with one attached hydrogen (secondary N) is 1. The Balaban J connectivity index is 2.00. The van der Waals surface area contributed by atoms with Crippen molar-refractivity contribution in [1.29, 1.82) is 0 Å². The number of halogens is 1. The van der Waals surface area contributed by atoms with E-state index in [0.717, 1.165) is 31.7 Å². The van der Waals surface area contributed by atoms with E-state index in [1.54, 1.807) is 0 Å². The molecule has 4 heteroatoms. The second-order valence-electron chi connectivity index (χ2n) is 5.30. The highest BCUT2D eigenvalue weighted by molar-refractivity contribution is 7.12. The summed E-state index contributed by atoms with van der Waals surface area (Å²) in [5.41, 5.74) is 2.38. The van der Waals surface area contributed by atoms with Crippen LogP contribution in [0.2, 0.25) is 0 Å². The first-order valence-corrected chi connectivity index (χ1v) is 8.17. The number of nitrogens with zero attached hydrogens (tertiary/aromatic N) is 1. The fraction of sp³-hybridized carbons (Fsp3) is 0.412. The summed E-state index contributed by atoms with van der Waals surface area (Å²) < 4.78 is 13.0. The van der Waals surface area contributed by atoms with E-state index in [1.165, 1.54) is 27.5 Å². The van der Waals surface area contributed by atoms with Crippen LogP contribution < -0.4 is 10.2 Å². The van der Waals surface area contributed by atoms with Crippen LogP contribution in [0.15, 0.2) is 30.3 Å². The van der Waals surface area contributed by atoms with Crippen LogP contribution in [0.5, 0.6) is 0 Å². The molecule has 0 aliphatic carbocycles. The summed E-state index contributed by atoms with van der Waals surface area (Å²) in [6, 6.07) is 8.93. The van der Waals surface area contributed by atoms with Gasteiger partial charge in [0.2, 0.25) is 0 Å². The van der Waals surface area contributed by atoms with Crippen molar-refractivity contribution >= 4 is 17.0 Å². The van der Waals surface area contributed by atoms with Crippen molar-refractivity contribution in [2.24, 2.45) is 0 Å². The lowest BCUT2D eigenvalue weighted by Crippen LogP contribution is -2.16. The minimum atomic E-state index is -0.192. The number of rotatable bonds is 7. The molecule has 0 saturated carbocycles. The van der Waals surface area contributed by atoms with Crippen LogP contribution >= 0.6 is 11.3 Å². The number of anilines is 1. The molecule has 0 aliphatic heterocycles. The Kier molecular flexibility index (Phi) is 5.76. The summed E-state index contributed by atoms with van der Waals surface area (Å²) in [6.07, 6.45) is 1.16. The van der Waals surface area contributed by atoms with E-state index < -0.39 is 0 Å². The highest BCUT2D eigenvalue weighted by atomic mass is 32.1. The molecule has 0 unspecified atom stereocenters. The molecule has 1 heterocycles. The molecule has 0 bridgehead atoms. The molecule has 0 fully saturated rings. The number of hydrogen-bond acceptors (Lipinski definition) is 3. The SMILES string of the molecule is CCCNCc1cc(CN(C)c2ccc(F)cc2)c(C)s1. The Bertz CT molecular complexity index is 563. The van der Waals surface area contributed by atoms with Gasteiger partial charge in [0, 0.05) is 35.6 Å². The van der Waals surface area contributed by atoms with Crippen LogP contribution in [0.25, 0.3) is 0 Å². The van der Waals surface area contributed by atoms with E-state index in [9.17, 15) is 4.39 Å². The molecule has 1 aromatic heterocycles. The molecule has 1 aromatic carbocycles. The third kappa shape index (κ3) is 4.55. The van der Waals surface area contributed by atoms with Gasteiger partial charge in [-0.25, -0.2) is 4.39 Å². The minimum absolute atomic E-state index is 0.192. The minimum Gasteiger partial charge on any atom is -0.370 e. The lowest BCUT2D eigenvalue weighted by molar-refractivity contribution is 0.627. The highest BCUT2D eigenvalue weighted by Crippen LogP contribution is 2.24. The van der Waals surface area contributed by atoms with E-state index in [1.807, 2.05) is 30.5 Å².